The van der Waals surface area contributed by atoms with Crippen LogP contribution in [0.4, 0.5) is 5.69 Å². The van der Waals surface area contributed by atoms with Crippen LogP contribution in [-0.2, 0) is 32.6 Å². The second-order valence-corrected chi connectivity index (χ2v) is 11.9. The van der Waals surface area contributed by atoms with Crippen LogP contribution < -0.4 is 14.4 Å². The third-order valence-electron chi connectivity index (χ3n) is 6.56. The molecule has 8 nitrogen and oxygen atoms in total. The zero-order chi connectivity index (χ0) is 29.3. The molecular formula is C30H36ClN3O5S. The van der Waals surface area contributed by atoms with Crippen molar-refractivity contribution in [2.45, 2.75) is 45.3 Å². The molecule has 10 heteroatoms. The molecule has 1 N–H and O–H groups in total. The number of halogens is 1. The Morgan fingerprint density at radius 1 is 0.975 bits per heavy atom. The molecule has 214 valence electrons. The van der Waals surface area contributed by atoms with Gasteiger partial charge in [0.1, 0.15) is 18.3 Å². The predicted octanol–water partition coefficient (Wildman–Crippen LogP) is 4.67. The number of nitrogens with one attached hydrogen (secondary N) is 1. The molecule has 0 saturated heterocycles. The molecule has 2 atom stereocenters. The number of anilines is 1. The third-order valence-corrected chi connectivity index (χ3v) is 8.01. The van der Waals surface area contributed by atoms with Gasteiger partial charge in [-0.1, -0.05) is 73.1 Å². The van der Waals surface area contributed by atoms with Crippen LogP contribution in [0.1, 0.15) is 31.4 Å². The van der Waals surface area contributed by atoms with Gasteiger partial charge in [-0.25, -0.2) is 8.42 Å². The largest absolute Gasteiger partial charge is 0.497 e. The second kappa shape index (κ2) is 14.2. The quantitative estimate of drug-likeness (QED) is 0.314. The van der Waals surface area contributed by atoms with Crippen molar-refractivity contribution in [3.63, 3.8) is 0 Å². The molecule has 0 spiro atoms. The van der Waals surface area contributed by atoms with E-state index < -0.39 is 28.5 Å². The minimum absolute atomic E-state index is 0.0571. The van der Waals surface area contributed by atoms with Crippen LogP contribution in [0.2, 0.25) is 5.02 Å². The highest BCUT2D eigenvalue weighted by molar-refractivity contribution is 7.92. The number of carbonyl (C=O) groups excluding carboxylic acids is 2. The lowest BCUT2D eigenvalue weighted by molar-refractivity contribution is -0.140. The van der Waals surface area contributed by atoms with Crippen molar-refractivity contribution >= 4 is 39.1 Å². The molecule has 0 aliphatic heterocycles. The van der Waals surface area contributed by atoms with Gasteiger partial charge in [0.25, 0.3) is 0 Å². The van der Waals surface area contributed by atoms with E-state index in [0.717, 1.165) is 21.7 Å². The van der Waals surface area contributed by atoms with Crippen LogP contribution in [0.25, 0.3) is 0 Å². The first-order chi connectivity index (χ1) is 19.0. The minimum Gasteiger partial charge on any atom is -0.497 e. The monoisotopic (exact) mass is 585 g/mol. The number of hydrogen-bond donors (Lipinski definition) is 1. The summed E-state index contributed by atoms with van der Waals surface area (Å²) in [6.45, 7) is 3.38. The van der Waals surface area contributed by atoms with Crippen molar-refractivity contribution in [2.75, 3.05) is 24.2 Å². The predicted molar refractivity (Wildman–Crippen MR) is 159 cm³/mol. The number of benzene rings is 3. The highest BCUT2D eigenvalue weighted by Gasteiger charge is 2.33. The normalized spacial score (nSPS) is 12.7. The van der Waals surface area contributed by atoms with Crippen LogP contribution in [0.3, 0.4) is 0 Å². The van der Waals surface area contributed by atoms with E-state index in [-0.39, 0.29) is 35.6 Å². The summed E-state index contributed by atoms with van der Waals surface area (Å²) in [5.74, 6) is -0.270. The van der Waals surface area contributed by atoms with Gasteiger partial charge < -0.3 is 15.0 Å². The first-order valence-corrected chi connectivity index (χ1v) is 15.2. The summed E-state index contributed by atoms with van der Waals surface area (Å²) in [6, 6.07) is 22.0. The highest BCUT2D eigenvalue weighted by atomic mass is 35.5. The van der Waals surface area contributed by atoms with E-state index in [1.165, 1.54) is 4.90 Å². The molecule has 0 heterocycles. The Morgan fingerprint density at radius 2 is 1.62 bits per heavy atom. The van der Waals surface area contributed by atoms with E-state index in [2.05, 4.69) is 5.32 Å². The van der Waals surface area contributed by atoms with E-state index >= 15 is 0 Å². The maximum atomic E-state index is 14.1. The Labute approximate surface area is 241 Å². The molecule has 0 radical (unpaired) electrons. The van der Waals surface area contributed by atoms with Gasteiger partial charge >= 0.3 is 0 Å². The van der Waals surface area contributed by atoms with E-state index in [1.807, 2.05) is 50.2 Å². The van der Waals surface area contributed by atoms with Gasteiger partial charge in [0, 0.05) is 19.0 Å². The van der Waals surface area contributed by atoms with Gasteiger partial charge in [0.2, 0.25) is 21.8 Å². The number of nitrogens with zero attached hydrogens (tertiary/aromatic N) is 2. The van der Waals surface area contributed by atoms with Gasteiger partial charge in [-0.15, -0.1) is 0 Å². The van der Waals surface area contributed by atoms with E-state index in [9.17, 15) is 18.0 Å². The Kier molecular flexibility index (Phi) is 11.0. The summed E-state index contributed by atoms with van der Waals surface area (Å²) in [6.07, 6.45) is 1.97. The molecule has 2 amide bonds. The van der Waals surface area contributed by atoms with Crippen molar-refractivity contribution < 1.29 is 22.7 Å². The Hall–Kier alpha value is -3.56. The number of sulfonamides is 1. The molecule has 3 aromatic carbocycles. The van der Waals surface area contributed by atoms with Gasteiger partial charge in [-0.3, -0.25) is 13.9 Å². The Morgan fingerprint density at radius 3 is 2.25 bits per heavy atom. The lowest BCUT2D eigenvalue weighted by Crippen LogP contribution is -2.54. The third kappa shape index (κ3) is 8.47. The van der Waals surface area contributed by atoms with Gasteiger partial charge in [0.05, 0.1) is 24.1 Å². The molecule has 0 aliphatic rings. The smallest absolute Gasteiger partial charge is 0.244 e. The number of amides is 2. The number of methoxy groups -OCH3 is 1. The molecule has 0 bridgehead atoms. The van der Waals surface area contributed by atoms with Gasteiger partial charge in [-0.05, 0) is 48.7 Å². The van der Waals surface area contributed by atoms with Crippen molar-refractivity contribution in [2.24, 2.45) is 0 Å². The lowest BCUT2D eigenvalue weighted by atomic mass is 10.0. The van der Waals surface area contributed by atoms with Crippen LogP contribution in [0.15, 0.2) is 78.9 Å². The molecule has 0 fully saturated rings. The number of carbonyl (C=O) groups is 2. The van der Waals surface area contributed by atoms with Crippen molar-refractivity contribution in [1.29, 1.82) is 0 Å². The zero-order valence-electron chi connectivity index (χ0n) is 23.2. The molecule has 3 aromatic rings. The number of ether oxygens (including phenoxy) is 1. The van der Waals surface area contributed by atoms with Crippen LogP contribution in [-0.4, -0.2) is 57.1 Å². The molecule has 40 heavy (non-hydrogen) atoms. The van der Waals surface area contributed by atoms with Crippen LogP contribution >= 0.6 is 11.6 Å². The number of hydrogen-bond acceptors (Lipinski definition) is 5. The summed E-state index contributed by atoms with van der Waals surface area (Å²) in [7, 11) is -2.35. The molecule has 0 saturated carbocycles. The van der Waals surface area contributed by atoms with Crippen LogP contribution in [0.5, 0.6) is 5.75 Å². The molecular weight excluding hydrogens is 550 g/mol. The first-order valence-electron chi connectivity index (χ1n) is 13.0. The molecule has 0 unspecified atom stereocenters. The summed E-state index contributed by atoms with van der Waals surface area (Å²) < 4.78 is 32.1. The topological polar surface area (TPSA) is 96.0 Å². The Bertz CT molecular complexity index is 1400. The standard InChI is InChI=1S/C30H36ClN3O5S/c1-5-22(2)32-30(36)28(19-23-12-7-6-8-13-23)33(20-24-14-11-15-25(18-24)39-3)29(35)21-34(40(4,37)38)27-17-10-9-16-26(27)31/h6-18,22,28H,5,19-21H2,1-4H3,(H,32,36)/t22-,28+/m0/s1. The fraction of sp³-hybridized carbons (Fsp3) is 0.333. The minimum atomic E-state index is -3.90. The van der Waals surface area contributed by atoms with Gasteiger partial charge in [-0.2, -0.15) is 0 Å². The summed E-state index contributed by atoms with van der Waals surface area (Å²) >= 11 is 6.34. The molecule has 3 rings (SSSR count). The summed E-state index contributed by atoms with van der Waals surface area (Å²) in [5, 5.41) is 3.20. The molecule has 0 aliphatic carbocycles. The number of para-hydroxylation sites is 1. The van der Waals surface area contributed by atoms with Crippen molar-refractivity contribution in [1.82, 2.24) is 10.2 Å². The lowest BCUT2D eigenvalue weighted by Gasteiger charge is -2.34. The van der Waals surface area contributed by atoms with Crippen molar-refractivity contribution in [3.8, 4) is 5.75 Å². The first kappa shape index (κ1) is 31.0. The van der Waals surface area contributed by atoms with E-state index in [0.29, 0.717) is 12.2 Å². The van der Waals surface area contributed by atoms with Gasteiger partial charge in [0.15, 0.2) is 0 Å². The second-order valence-electron chi connectivity index (χ2n) is 9.62. The maximum Gasteiger partial charge on any atom is 0.244 e. The number of rotatable bonds is 13. The van der Waals surface area contributed by atoms with E-state index in [1.54, 1.807) is 49.6 Å². The maximum absolute atomic E-state index is 14.1. The average Bonchev–Trinajstić information content (AvgIpc) is 2.93. The highest BCUT2D eigenvalue weighted by Crippen LogP contribution is 2.28. The zero-order valence-corrected chi connectivity index (χ0v) is 24.8. The van der Waals surface area contributed by atoms with Crippen molar-refractivity contribution in [3.05, 3.63) is 95.0 Å². The van der Waals surface area contributed by atoms with Crippen LogP contribution in [0, 0.1) is 0 Å². The summed E-state index contributed by atoms with van der Waals surface area (Å²) in [4.78, 5) is 29.2. The van der Waals surface area contributed by atoms with E-state index in [4.69, 9.17) is 16.3 Å². The average molecular weight is 586 g/mol. The molecule has 0 aromatic heterocycles. The SMILES string of the molecule is CC[C@H](C)NC(=O)[C@@H](Cc1ccccc1)N(Cc1cccc(OC)c1)C(=O)CN(c1ccccc1Cl)S(C)(=O)=O. The fourth-order valence-electron chi connectivity index (χ4n) is 4.21. The Balaban J connectivity index is 2.08. The summed E-state index contributed by atoms with van der Waals surface area (Å²) in [5.41, 5.74) is 1.78. The fourth-order valence-corrected chi connectivity index (χ4v) is 5.36.